The first-order valence-electron chi connectivity index (χ1n) is 6.33. The highest BCUT2D eigenvalue weighted by Crippen LogP contribution is 2.24. The van der Waals surface area contributed by atoms with E-state index in [-0.39, 0.29) is 11.8 Å². The van der Waals surface area contributed by atoms with Crippen molar-refractivity contribution in [2.75, 3.05) is 6.54 Å². The van der Waals surface area contributed by atoms with E-state index in [4.69, 9.17) is 4.74 Å². The Morgan fingerprint density at radius 1 is 1.30 bits per heavy atom. The molecule has 0 radical (unpaired) electrons. The molecule has 2 aromatic rings. The van der Waals surface area contributed by atoms with Gasteiger partial charge in [-0.3, -0.25) is 0 Å². The summed E-state index contributed by atoms with van der Waals surface area (Å²) in [6.07, 6.45) is 4.41. The molecule has 20 heavy (non-hydrogen) atoms. The molecule has 4 nitrogen and oxygen atoms in total. The van der Waals surface area contributed by atoms with Crippen molar-refractivity contribution >= 4 is 15.9 Å². The third-order valence-corrected chi connectivity index (χ3v) is 3.03. The van der Waals surface area contributed by atoms with Gasteiger partial charge in [0.05, 0.1) is 0 Å². The van der Waals surface area contributed by atoms with Crippen LogP contribution in [0.2, 0.25) is 0 Å². The second-order valence-corrected chi connectivity index (χ2v) is 5.14. The Morgan fingerprint density at radius 2 is 2.05 bits per heavy atom. The largest absolute Gasteiger partial charge is 0.421 e. The van der Waals surface area contributed by atoms with Crippen LogP contribution in [-0.4, -0.2) is 16.5 Å². The van der Waals surface area contributed by atoms with Gasteiger partial charge in [0.25, 0.3) is 0 Å². The van der Waals surface area contributed by atoms with E-state index in [1.165, 1.54) is 12.1 Å². The average Bonchev–Trinajstić information content (AvgIpc) is 2.44. The standard InChI is InChI=1S/C14H15BrFN3O/c1-2-5-17-7-10-8-18-14(19-9-10)20-13-4-3-11(15)6-12(13)16/h3-4,6,8-9,17H,2,5,7H2,1H3. The van der Waals surface area contributed by atoms with Gasteiger partial charge in [-0.25, -0.2) is 14.4 Å². The predicted octanol–water partition coefficient (Wildman–Crippen LogP) is 3.67. The molecule has 6 heteroatoms. The topological polar surface area (TPSA) is 47.0 Å². The molecule has 1 heterocycles. The van der Waals surface area contributed by atoms with E-state index in [0.717, 1.165) is 18.5 Å². The second kappa shape index (κ2) is 7.31. The average molecular weight is 340 g/mol. The fourth-order valence-corrected chi connectivity index (χ4v) is 1.89. The van der Waals surface area contributed by atoms with Crippen LogP contribution in [0.25, 0.3) is 0 Å². The minimum Gasteiger partial charge on any atom is -0.421 e. The summed E-state index contributed by atoms with van der Waals surface area (Å²) in [4.78, 5) is 8.13. The van der Waals surface area contributed by atoms with E-state index in [0.29, 0.717) is 11.0 Å². The number of benzene rings is 1. The van der Waals surface area contributed by atoms with E-state index < -0.39 is 5.82 Å². The van der Waals surface area contributed by atoms with Crippen LogP contribution in [0.3, 0.4) is 0 Å². The van der Waals surface area contributed by atoms with Crippen LogP contribution in [0.1, 0.15) is 18.9 Å². The van der Waals surface area contributed by atoms with Crippen molar-refractivity contribution in [2.45, 2.75) is 19.9 Å². The van der Waals surface area contributed by atoms with Crippen LogP contribution in [-0.2, 0) is 6.54 Å². The second-order valence-electron chi connectivity index (χ2n) is 4.23. The minimum absolute atomic E-state index is 0.102. The van der Waals surface area contributed by atoms with Crippen molar-refractivity contribution in [3.8, 4) is 11.8 Å². The highest BCUT2D eigenvalue weighted by molar-refractivity contribution is 9.10. The Labute approximate surface area is 125 Å². The van der Waals surface area contributed by atoms with Gasteiger partial charge in [-0.15, -0.1) is 0 Å². The molecular formula is C14H15BrFN3O. The fraction of sp³-hybridized carbons (Fsp3) is 0.286. The summed E-state index contributed by atoms with van der Waals surface area (Å²) < 4.78 is 19.6. The molecule has 106 valence electrons. The number of rotatable bonds is 6. The smallest absolute Gasteiger partial charge is 0.321 e. The van der Waals surface area contributed by atoms with Crippen molar-refractivity contribution in [2.24, 2.45) is 0 Å². The Bertz CT molecular complexity index is 563. The quantitative estimate of drug-likeness (QED) is 0.815. The third kappa shape index (κ3) is 4.25. The highest BCUT2D eigenvalue weighted by atomic mass is 79.9. The lowest BCUT2D eigenvalue weighted by atomic mass is 10.3. The maximum atomic E-state index is 13.6. The van der Waals surface area contributed by atoms with E-state index in [2.05, 4.69) is 38.1 Å². The molecule has 1 N–H and O–H groups in total. The van der Waals surface area contributed by atoms with Crippen molar-refractivity contribution < 1.29 is 9.13 Å². The number of nitrogens with zero attached hydrogens (tertiary/aromatic N) is 2. The van der Waals surface area contributed by atoms with Gasteiger partial charge >= 0.3 is 6.01 Å². The Morgan fingerprint density at radius 3 is 2.70 bits per heavy atom. The number of hydrogen-bond acceptors (Lipinski definition) is 4. The van der Waals surface area contributed by atoms with Crippen LogP contribution >= 0.6 is 15.9 Å². The number of halogens is 2. The minimum atomic E-state index is -0.461. The van der Waals surface area contributed by atoms with Gasteiger partial charge in [-0.2, -0.15) is 0 Å². The molecule has 0 aliphatic carbocycles. The molecule has 0 unspecified atom stereocenters. The summed E-state index contributed by atoms with van der Waals surface area (Å²) in [5.41, 5.74) is 0.960. The van der Waals surface area contributed by atoms with Crippen LogP contribution in [0.5, 0.6) is 11.8 Å². The molecule has 0 saturated heterocycles. The lowest BCUT2D eigenvalue weighted by Gasteiger charge is -2.06. The zero-order valence-corrected chi connectivity index (χ0v) is 12.7. The van der Waals surface area contributed by atoms with Gasteiger partial charge in [-0.05, 0) is 31.2 Å². The van der Waals surface area contributed by atoms with Crippen LogP contribution in [0.4, 0.5) is 4.39 Å². The van der Waals surface area contributed by atoms with Crippen LogP contribution in [0.15, 0.2) is 35.1 Å². The van der Waals surface area contributed by atoms with E-state index in [1.807, 2.05) is 0 Å². The summed E-state index contributed by atoms with van der Waals surface area (Å²) in [6.45, 7) is 3.76. The van der Waals surface area contributed by atoms with E-state index in [9.17, 15) is 4.39 Å². The zero-order chi connectivity index (χ0) is 14.4. The molecule has 1 aromatic heterocycles. The predicted molar refractivity (Wildman–Crippen MR) is 78.2 cm³/mol. The summed E-state index contributed by atoms with van der Waals surface area (Å²) in [7, 11) is 0. The molecule has 0 amide bonds. The third-order valence-electron chi connectivity index (χ3n) is 2.53. The summed E-state index contributed by atoms with van der Waals surface area (Å²) in [5.74, 6) is -0.360. The number of nitrogens with one attached hydrogen (secondary N) is 1. The number of hydrogen-bond donors (Lipinski definition) is 1. The summed E-state index contributed by atoms with van der Waals surface area (Å²) in [5, 5.41) is 3.25. The maximum Gasteiger partial charge on any atom is 0.321 e. The summed E-state index contributed by atoms with van der Waals surface area (Å²) >= 11 is 3.19. The first-order chi connectivity index (χ1) is 9.69. The molecule has 0 spiro atoms. The molecular weight excluding hydrogens is 325 g/mol. The van der Waals surface area contributed by atoms with E-state index >= 15 is 0 Å². The molecule has 0 saturated carbocycles. The molecule has 0 atom stereocenters. The maximum absolute atomic E-state index is 13.6. The van der Waals surface area contributed by atoms with Crippen molar-refractivity contribution in [3.63, 3.8) is 0 Å². The van der Waals surface area contributed by atoms with Gasteiger partial charge in [0.2, 0.25) is 0 Å². The Kier molecular flexibility index (Phi) is 5.43. The molecule has 0 aliphatic rings. The van der Waals surface area contributed by atoms with Crippen molar-refractivity contribution in [3.05, 3.63) is 46.4 Å². The lowest BCUT2D eigenvalue weighted by molar-refractivity contribution is 0.410. The highest BCUT2D eigenvalue weighted by Gasteiger charge is 2.07. The fourth-order valence-electron chi connectivity index (χ4n) is 1.55. The SMILES string of the molecule is CCCNCc1cnc(Oc2ccc(Br)cc2F)nc1. The monoisotopic (exact) mass is 339 g/mol. The number of aromatic nitrogens is 2. The van der Waals surface area contributed by atoms with E-state index in [1.54, 1.807) is 18.5 Å². The molecule has 0 aliphatic heterocycles. The molecule has 2 rings (SSSR count). The normalized spacial score (nSPS) is 10.6. The first-order valence-corrected chi connectivity index (χ1v) is 7.13. The molecule has 0 fully saturated rings. The Balaban J connectivity index is 1.99. The molecule has 0 bridgehead atoms. The lowest BCUT2D eigenvalue weighted by Crippen LogP contribution is -2.14. The number of ether oxygens (including phenoxy) is 1. The molecule has 1 aromatic carbocycles. The van der Waals surface area contributed by atoms with Gasteiger partial charge in [0.1, 0.15) is 0 Å². The van der Waals surface area contributed by atoms with Gasteiger partial charge < -0.3 is 10.1 Å². The van der Waals surface area contributed by atoms with Gasteiger partial charge in [0, 0.05) is 29.0 Å². The zero-order valence-electron chi connectivity index (χ0n) is 11.1. The Hall–Kier alpha value is -1.53. The summed E-state index contributed by atoms with van der Waals surface area (Å²) in [6, 6.07) is 4.68. The van der Waals surface area contributed by atoms with Gasteiger partial charge in [-0.1, -0.05) is 22.9 Å². The first kappa shape index (κ1) is 14.9. The van der Waals surface area contributed by atoms with Crippen LogP contribution < -0.4 is 10.1 Å². The van der Waals surface area contributed by atoms with Crippen molar-refractivity contribution in [1.82, 2.24) is 15.3 Å². The van der Waals surface area contributed by atoms with Crippen molar-refractivity contribution in [1.29, 1.82) is 0 Å². The van der Waals surface area contributed by atoms with Gasteiger partial charge in [0.15, 0.2) is 11.6 Å². The van der Waals surface area contributed by atoms with Crippen LogP contribution in [0, 0.1) is 5.82 Å².